The van der Waals surface area contributed by atoms with Crippen molar-refractivity contribution in [3.63, 3.8) is 0 Å². The lowest BCUT2D eigenvalue weighted by molar-refractivity contribution is -0.137. The van der Waals surface area contributed by atoms with Crippen LogP contribution in [-0.2, 0) is 6.18 Å². The molecule has 0 aliphatic heterocycles. The maximum atomic E-state index is 13.6. The fraction of sp³-hybridized carbons (Fsp3) is 0.154. The van der Waals surface area contributed by atoms with Gasteiger partial charge in [0.15, 0.2) is 0 Å². The number of para-hydroxylation sites is 1. The summed E-state index contributed by atoms with van der Waals surface area (Å²) in [5.41, 5.74) is 0.904. The monoisotopic (exact) mass is 513 g/mol. The normalized spacial score (nSPS) is 12.2. The van der Waals surface area contributed by atoms with Gasteiger partial charge in [-0.2, -0.15) is 18.3 Å². The van der Waals surface area contributed by atoms with Crippen molar-refractivity contribution in [2.75, 3.05) is 21.3 Å². The number of ether oxygens (including phenoxy) is 3. The van der Waals surface area contributed by atoms with Crippen LogP contribution in [0, 0.1) is 0 Å². The van der Waals surface area contributed by atoms with Gasteiger partial charge in [-0.25, -0.2) is 9.67 Å². The van der Waals surface area contributed by atoms with E-state index in [2.05, 4.69) is 10.1 Å². The van der Waals surface area contributed by atoms with Crippen molar-refractivity contribution >= 4 is 23.2 Å². The Hall–Kier alpha value is -4.05. The summed E-state index contributed by atoms with van der Waals surface area (Å²) in [6.45, 7) is 0. The van der Waals surface area contributed by atoms with Crippen LogP contribution in [-0.4, -0.2) is 32.2 Å². The smallest absolute Gasteiger partial charge is 0.418 e. The SMILES string of the molecule is COc1cccc(C=Nn2c(-c3cc(OC)ccc3OC)csc2=Nc2ccccc2C(F)(F)F)c1. The maximum Gasteiger partial charge on any atom is 0.418 e. The van der Waals surface area contributed by atoms with Crippen LogP contribution in [0.15, 0.2) is 82.2 Å². The summed E-state index contributed by atoms with van der Waals surface area (Å²) in [6, 6.07) is 17.7. The molecule has 10 heteroatoms. The van der Waals surface area contributed by atoms with Crippen LogP contribution in [0.5, 0.6) is 17.2 Å². The van der Waals surface area contributed by atoms with E-state index in [0.717, 1.165) is 23.0 Å². The van der Waals surface area contributed by atoms with E-state index in [1.54, 1.807) is 56.1 Å². The fourth-order valence-electron chi connectivity index (χ4n) is 3.45. The molecule has 0 saturated carbocycles. The van der Waals surface area contributed by atoms with E-state index < -0.39 is 11.7 Å². The van der Waals surface area contributed by atoms with Crippen LogP contribution >= 0.6 is 11.3 Å². The number of nitrogens with zero attached hydrogens (tertiary/aromatic N) is 3. The molecule has 3 aromatic carbocycles. The molecule has 0 unspecified atom stereocenters. The minimum absolute atomic E-state index is 0.207. The highest BCUT2D eigenvalue weighted by Crippen LogP contribution is 2.37. The number of thiazole rings is 1. The summed E-state index contributed by atoms with van der Waals surface area (Å²) in [6.07, 6.45) is -2.97. The first kappa shape index (κ1) is 25.1. The third-order valence-electron chi connectivity index (χ3n) is 5.21. The second-order valence-electron chi connectivity index (χ2n) is 7.43. The van der Waals surface area contributed by atoms with E-state index in [1.807, 2.05) is 12.1 Å². The zero-order valence-corrected chi connectivity index (χ0v) is 20.4. The van der Waals surface area contributed by atoms with Gasteiger partial charge in [0, 0.05) is 10.9 Å². The first-order chi connectivity index (χ1) is 17.3. The number of rotatable bonds is 7. The Morgan fingerprint density at radius 3 is 2.33 bits per heavy atom. The molecule has 4 rings (SSSR count). The van der Waals surface area contributed by atoms with Gasteiger partial charge in [-0.1, -0.05) is 24.3 Å². The molecule has 4 aromatic rings. The number of alkyl halides is 3. The predicted molar refractivity (Wildman–Crippen MR) is 134 cm³/mol. The summed E-state index contributed by atoms with van der Waals surface area (Å²) in [7, 11) is 4.64. The largest absolute Gasteiger partial charge is 0.497 e. The number of aromatic nitrogens is 1. The number of hydrogen-bond acceptors (Lipinski definition) is 6. The minimum atomic E-state index is -4.55. The maximum absolute atomic E-state index is 13.6. The van der Waals surface area contributed by atoms with Crippen molar-refractivity contribution in [1.29, 1.82) is 0 Å². The Morgan fingerprint density at radius 2 is 1.61 bits per heavy atom. The van der Waals surface area contributed by atoms with Crippen molar-refractivity contribution in [1.82, 2.24) is 4.68 Å². The molecule has 0 amide bonds. The molecular weight excluding hydrogens is 491 g/mol. The van der Waals surface area contributed by atoms with Gasteiger partial charge >= 0.3 is 6.18 Å². The van der Waals surface area contributed by atoms with Gasteiger partial charge in [0.05, 0.1) is 44.5 Å². The molecule has 0 aliphatic carbocycles. The van der Waals surface area contributed by atoms with Crippen molar-refractivity contribution in [2.24, 2.45) is 10.1 Å². The van der Waals surface area contributed by atoms with Gasteiger partial charge in [0.25, 0.3) is 0 Å². The van der Waals surface area contributed by atoms with E-state index >= 15 is 0 Å². The first-order valence-electron chi connectivity index (χ1n) is 10.7. The van der Waals surface area contributed by atoms with Crippen LogP contribution < -0.4 is 19.0 Å². The lowest BCUT2D eigenvalue weighted by Crippen LogP contribution is -2.13. The number of benzene rings is 3. The lowest BCUT2D eigenvalue weighted by atomic mass is 10.1. The van der Waals surface area contributed by atoms with Gasteiger partial charge in [-0.05, 0) is 48.0 Å². The highest BCUT2D eigenvalue weighted by Gasteiger charge is 2.33. The van der Waals surface area contributed by atoms with Crippen molar-refractivity contribution in [3.8, 4) is 28.5 Å². The van der Waals surface area contributed by atoms with Crippen LogP contribution in [0.4, 0.5) is 18.9 Å². The fourth-order valence-corrected chi connectivity index (χ4v) is 4.29. The Bertz CT molecular complexity index is 1460. The summed E-state index contributed by atoms with van der Waals surface area (Å²) in [5.74, 6) is 1.77. The predicted octanol–water partition coefficient (Wildman–Crippen LogP) is 6.38. The summed E-state index contributed by atoms with van der Waals surface area (Å²) >= 11 is 1.15. The molecular formula is C26H22F3N3O3S. The number of halogens is 3. The standard InChI is InChI=1S/C26H22F3N3O3S/c1-33-18-8-6-7-17(13-18)15-30-32-23(20-14-19(34-2)11-12-24(20)35-3)16-36-25(32)31-22-10-5-4-9-21(22)26(27,28)29/h4-16H,1-3H3. The quantitative estimate of drug-likeness (QED) is 0.270. The van der Waals surface area contributed by atoms with Crippen LogP contribution in [0.1, 0.15) is 11.1 Å². The molecule has 0 N–H and O–H groups in total. The molecule has 0 atom stereocenters. The molecule has 0 bridgehead atoms. The van der Waals surface area contributed by atoms with E-state index in [9.17, 15) is 13.2 Å². The summed E-state index contributed by atoms with van der Waals surface area (Å²) in [4.78, 5) is 4.59. The van der Waals surface area contributed by atoms with E-state index in [0.29, 0.717) is 28.5 Å². The molecule has 6 nitrogen and oxygen atoms in total. The van der Waals surface area contributed by atoms with Gasteiger partial charge < -0.3 is 14.2 Å². The van der Waals surface area contributed by atoms with Gasteiger partial charge in [-0.15, -0.1) is 11.3 Å². The molecule has 0 fully saturated rings. The van der Waals surface area contributed by atoms with Gasteiger partial charge in [0.2, 0.25) is 4.80 Å². The zero-order valence-electron chi connectivity index (χ0n) is 19.6. The van der Waals surface area contributed by atoms with Crippen LogP contribution in [0.3, 0.4) is 0 Å². The third-order valence-corrected chi connectivity index (χ3v) is 6.03. The number of hydrogen-bond donors (Lipinski definition) is 0. The molecule has 186 valence electrons. The topological polar surface area (TPSA) is 57.3 Å². The average Bonchev–Trinajstić information content (AvgIpc) is 3.28. The van der Waals surface area contributed by atoms with E-state index in [4.69, 9.17) is 14.2 Å². The first-order valence-corrected chi connectivity index (χ1v) is 11.5. The second kappa shape index (κ2) is 10.7. The molecule has 1 heterocycles. The Balaban J connectivity index is 1.94. The average molecular weight is 514 g/mol. The highest BCUT2D eigenvalue weighted by atomic mass is 32.1. The molecule has 36 heavy (non-hydrogen) atoms. The van der Waals surface area contributed by atoms with E-state index in [1.165, 1.54) is 30.0 Å². The second-order valence-corrected chi connectivity index (χ2v) is 8.27. The molecule has 0 spiro atoms. The van der Waals surface area contributed by atoms with Gasteiger partial charge in [0.1, 0.15) is 17.2 Å². The zero-order chi connectivity index (χ0) is 25.7. The van der Waals surface area contributed by atoms with Crippen molar-refractivity contribution in [2.45, 2.75) is 6.18 Å². The number of methoxy groups -OCH3 is 3. The Labute approximate surface area is 209 Å². The lowest BCUT2D eigenvalue weighted by Gasteiger charge is -2.11. The molecule has 0 aliphatic rings. The molecule has 1 aromatic heterocycles. The third kappa shape index (κ3) is 5.44. The summed E-state index contributed by atoms with van der Waals surface area (Å²) in [5, 5.41) is 6.34. The Morgan fingerprint density at radius 1 is 0.861 bits per heavy atom. The Kier molecular flexibility index (Phi) is 7.44. The van der Waals surface area contributed by atoms with Crippen molar-refractivity contribution in [3.05, 3.63) is 88.0 Å². The van der Waals surface area contributed by atoms with E-state index in [-0.39, 0.29) is 10.5 Å². The van der Waals surface area contributed by atoms with Crippen molar-refractivity contribution < 1.29 is 27.4 Å². The van der Waals surface area contributed by atoms with Crippen LogP contribution in [0.25, 0.3) is 11.3 Å². The van der Waals surface area contributed by atoms with Gasteiger partial charge in [-0.3, -0.25) is 0 Å². The molecule has 0 radical (unpaired) electrons. The highest BCUT2D eigenvalue weighted by molar-refractivity contribution is 7.07. The summed E-state index contributed by atoms with van der Waals surface area (Å²) < 4.78 is 58.5. The minimum Gasteiger partial charge on any atom is -0.497 e. The van der Waals surface area contributed by atoms with Crippen LogP contribution in [0.2, 0.25) is 0 Å². The molecule has 0 saturated heterocycles.